The Kier molecular flexibility index (Phi) is 5.80. The molecule has 0 radical (unpaired) electrons. The Morgan fingerprint density at radius 3 is 2.04 bits per heavy atom. The summed E-state index contributed by atoms with van der Waals surface area (Å²) in [6.07, 6.45) is 0. The first-order valence-corrected chi connectivity index (χ1v) is 10.4. The number of sulfonamides is 1. The van der Waals surface area contributed by atoms with Crippen molar-refractivity contribution >= 4 is 27.3 Å². The van der Waals surface area contributed by atoms with Crippen LogP contribution in [0.4, 0.5) is 11.4 Å². The molecule has 5 nitrogen and oxygen atoms in total. The van der Waals surface area contributed by atoms with Gasteiger partial charge < -0.3 is 5.32 Å². The van der Waals surface area contributed by atoms with Gasteiger partial charge in [-0.2, -0.15) is 0 Å². The summed E-state index contributed by atoms with van der Waals surface area (Å²) < 4.78 is 27.8. The van der Waals surface area contributed by atoms with Crippen LogP contribution in [0.15, 0.2) is 83.8 Å². The number of carbonyl (C=O) groups is 1. The van der Waals surface area contributed by atoms with Crippen molar-refractivity contribution in [3.8, 4) is 0 Å². The fraction of sp³-hybridized carbons (Fsp3) is 0.136. The second-order valence-corrected chi connectivity index (χ2v) is 8.34. The second-order valence-electron chi connectivity index (χ2n) is 6.66. The maximum atomic E-state index is 12.9. The zero-order valence-electron chi connectivity index (χ0n) is 15.7. The monoisotopic (exact) mass is 394 g/mol. The van der Waals surface area contributed by atoms with E-state index in [-0.39, 0.29) is 28.0 Å². The Morgan fingerprint density at radius 1 is 0.786 bits per heavy atom. The van der Waals surface area contributed by atoms with Gasteiger partial charge in [-0.1, -0.05) is 62.4 Å². The highest BCUT2D eigenvalue weighted by Crippen LogP contribution is 2.26. The van der Waals surface area contributed by atoms with Gasteiger partial charge in [-0.25, -0.2) is 8.42 Å². The number of anilines is 2. The smallest absolute Gasteiger partial charge is 0.261 e. The molecular formula is C22H22N2O3S. The lowest BCUT2D eigenvalue weighted by atomic mass is 10.0. The molecule has 3 rings (SSSR count). The summed E-state index contributed by atoms with van der Waals surface area (Å²) in [5.74, 6) is -0.136. The standard InChI is InChI=1S/C22H22N2O3S/c1-16(2)18-12-6-8-14-20(18)23-22(25)19-13-7-9-15-21(19)24-28(26,27)17-10-4-3-5-11-17/h3-16,24H,1-2H3,(H,23,25). The van der Waals surface area contributed by atoms with Crippen molar-refractivity contribution in [3.05, 3.63) is 90.0 Å². The molecule has 0 aliphatic carbocycles. The summed E-state index contributed by atoms with van der Waals surface area (Å²) in [6, 6.07) is 22.2. The lowest BCUT2D eigenvalue weighted by Gasteiger charge is -2.16. The van der Waals surface area contributed by atoms with Gasteiger partial charge in [0.25, 0.3) is 15.9 Å². The number of hydrogen-bond acceptors (Lipinski definition) is 3. The number of carbonyl (C=O) groups excluding carboxylic acids is 1. The van der Waals surface area contributed by atoms with Gasteiger partial charge in [0.05, 0.1) is 16.1 Å². The van der Waals surface area contributed by atoms with Gasteiger partial charge in [-0.15, -0.1) is 0 Å². The van der Waals surface area contributed by atoms with E-state index < -0.39 is 10.0 Å². The summed E-state index contributed by atoms with van der Waals surface area (Å²) in [5.41, 5.74) is 2.20. The predicted molar refractivity (Wildman–Crippen MR) is 112 cm³/mol. The number of amides is 1. The minimum atomic E-state index is -3.79. The number of hydrogen-bond donors (Lipinski definition) is 2. The molecule has 3 aromatic carbocycles. The van der Waals surface area contributed by atoms with Gasteiger partial charge in [0.1, 0.15) is 0 Å². The largest absolute Gasteiger partial charge is 0.322 e. The van der Waals surface area contributed by atoms with Gasteiger partial charge in [-0.05, 0) is 41.8 Å². The Balaban J connectivity index is 1.90. The minimum Gasteiger partial charge on any atom is -0.322 e. The summed E-state index contributed by atoms with van der Waals surface area (Å²) in [6.45, 7) is 4.10. The Morgan fingerprint density at radius 2 is 1.36 bits per heavy atom. The molecule has 0 heterocycles. The molecule has 0 bridgehead atoms. The van der Waals surface area contributed by atoms with E-state index in [1.165, 1.54) is 12.1 Å². The van der Waals surface area contributed by atoms with E-state index in [4.69, 9.17) is 0 Å². The van der Waals surface area contributed by atoms with E-state index in [2.05, 4.69) is 10.0 Å². The molecule has 0 saturated carbocycles. The molecule has 1 amide bonds. The Labute approximate surface area is 165 Å². The molecule has 0 aromatic heterocycles. The second kappa shape index (κ2) is 8.27. The van der Waals surface area contributed by atoms with Gasteiger partial charge in [-0.3, -0.25) is 9.52 Å². The molecule has 6 heteroatoms. The molecule has 3 aromatic rings. The van der Waals surface area contributed by atoms with Crippen molar-refractivity contribution in [1.29, 1.82) is 0 Å². The Bertz CT molecular complexity index is 1080. The van der Waals surface area contributed by atoms with E-state index in [0.29, 0.717) is 5.69 Å². The van der Waals surface area contributed by atoms with Gasteiger partial charge in [0.2, 0.25) is 0 Å². The molecule has 0 saturated heterocycles. The minimum absolute atomic E-state index is 0.135. The first kappa shape index (κ1) is 19.6. The normalized spacial score (nSPS) is 11.2. The van der Waals surface area contributed by atoms with E-state index in [1.807, 2.05) is 38.1 Å². The molecule has 0 atom stereocenters. The average molecular weight is 394 g/mol. The molecule has 144 valence electrons. The van der Waals surface area contributed by atoms with Crippen molar-refractivity contribution in [2.45, 2.75) is 24.7 Å². The van der Waals surface area contributed by atoms with E-state index in [1.54, 1.807) is 42.5 Å². The molecular weight excluding hydrogens is 372 g/mol. The molecule has 0 aliphatic rings. The Hall–Kier alpha value is -3.12. The maximum Gasteiger partial charge on any atom is 0.261 e. The topological polar surface area (TPSA) is 75.3 Å². The van der Waals surface area contributed by atoms with E-state index in [9.17, 15) is 13.2 Å². The van der Waals surface area contributed by atoms with Crippen molar-refractivity contribution in [3.63, 3.8) is 0 Å². The molecule has 0 fully saturated rings. The van der Waals surface area contributed by atoms with E-state index >= 15 is 0 Å². The summed E-state index contributed by atoms with van der Waals surface area (Å²) in [7, 11) is -3.79. The molecule has 0 unspecified atom stereocenters. The number of benzene rings is 3. The first-order valence-electron chi connectivity index (χ1n) is 8.95. The van der Waals surface area contributed by atoms with Crippen LogP contribution in [0.3, 0.4) is 0 Å². The zero-order valence-corrected chi connectivity index (χ0v) is 16.5. The van der Waals surface area contributed by atoms with Crippen molar-refractivity contribution < 1.29 is 13.2 Å². The van der Waals surface area contributed by atoms with Crippen LogP contribution in [0.2, 0.25) is 0 Å². The van der Waals surface area contributed by atoms with E-state index in [0.717, 1.165) is 5.56 Å². The van der Waals surface area contributed by atoms with Crippen LogP contribution in [-0.2, 0) is 10.0 Å². The van der Waals surface area contributed by atoms with Crippen LogP contribution in [0, 0.1) is 0 Å². The first-order chi connectivity index (χ1) is 13.4. The van der Waals surface area contributed by atoms with Crippen LogP contribution in [0.1, 0.15) is 35.7 Å². The fourth-order valence-corrected chi connectivity index (χ4v) is 3.98. The third-order valence-electron chi connectivity index (χ3n) is 4.30. The van der Waals surface area contributed by atoms with Gasteiger partial charge in [0.15, 0.2) is 0 Å². The molecule has 2 N–H and O–H groups in total. The van der Waals surface area contributed by atoms with Gasteiger partial charge in [0, 0.05) is 5.69 Å². The van der Waals surface area contributed by atoms with Crippen molar-refractivity contribution in [2.75, 3.05) is 10.0 Å². The van der Waals surface area contributed by atoms with Crippen LogP contribution >= 0.6 is 0 Å². The lowest BCUT2D eigenvalue weighted by molar-refractivity contribution is 0.102. The third-order valence-corrected chi connectivity index (χ3v) is 5.68. The quantitative estimate of drug-likeness (QED) is 0.627. The highest BCUT2D eigenvalue weighted by Gasteiger charge is 2.19. The van der Waals surface area contributed by atoms with Crippen molar-refractivity contribution in [1.82, 2.24) is 0 Å². The highest BCUT2D eigenvalue weighted by atomic mass is 32.2. The summed E-state index contributed by atoms with van der Waals surface area (Å²) in [5, 5.41) is 2.90. The number of nitrogens with one attached hydrogen (secondary N) is 2. The number of para-hydroxylation sites is 2. The molecule has 0 aliphatic heterocycles. The number of rotatable bonds is 6. The van der Waals surface area contributed by atoms with Crippen LogP contribution < -0.4 is 10.0 Å². The van der Waals surface area contributed by atoms with Gasteiger partial charge >= 0.3 is 0 Å². The average Bonchev–Trinajstić information content (AvgIpc) is 2.69. The predicted octanol–water partition coefficient (Wildman–Crippen LogP) is 4.86. The summed E-state index contributed by atoms with van der Waals surface area (Å²) in [4.78, 5) is 13.0. The van der Waals surface area contributed by atoms with Crippen molar-refractivity contribution in [2.24, 2.45) is 0 Å². The fourth-order valence-electron chi connectivity index (χ4n) is 2.88. The van der Waals surface area contributed by atoms with Crippen LogP contribution in [-0.4, -0.2) is 14.3 Å². The zero-order chi connectivity index (χ0) is 20.1. The van der Waals surface area contributed by atoms with Crippen LogP contribution in [0.5, 0.6) is 0 Å². The third kappa shape index (κ3) is 4.40. The lowest BCUT2D eigenvalue weighted by Crippen LogP contribution is -2.19. The van der Waals surface area contributed by atoms with Crippen LogP contribution in [0.25, 0.3) is 0 Å². The molecule has 0 spiro atoms. The maximum absolute atomic E-state index is 12.9. The highest BCUT2D eigenvalue weighted by molar-refractivity contribution is 7.92. The molecule has 28 heavy (non-hydrogen) atoms. The summed E-state index contributed by atoms with van der Waals surface area (Å²) >= 11 is 0. The SMILES string of the molecule is CC(C)c1ccccc1NC(=O)c1ccccc1NS(=O)(=O)c1ccccc1.